The lowest BCUT2D eigenvalue weighted by molar-refractivity contribution is 0.330. The molecule has 6 heteroatoms. The Morgan fingerprint density at radius 2 is 1.85 bits per heavy atom. The minimum atomic E-state index is -3.65. The van der Waals surface area contributed by atoms with Gasteiger partial charge in [0.15, 0.2) is 0 Å². The van der Waals surface area contributed by atoms with Crippen molar-refractivity contribution in [3.05, 3.63) is 29.8 Å². The van der Waals surface area contributed by atoms with E-state index < -0.39 is 10.0 Å². The molecule has 1 aromatic rings. The van der Waals surface area contributed by atoms with Crippen LogP contribution in [-0.2, 0) is 16.6 Å². The van der Waals surface area contributed by atoms with E-state index in [1.165, 1.54) is 29.8 Å². The first kappa shape index (κ1) is 10.1. The molecule has 0 atom stereocenters. The second-order valence-corrected chi connectivity index (χ2v) is 4.06. The largest absolute Gasteiger partial charge is 0.238 e. The Bertz CT molecular complexity index is 374. The van der Waals surface area contributed by atoms with Crippen LogP contribution >= 0.6 is 0 Å². The maximum atomic E-state index is 11.6. The number of rotatable bonds is 3. The summed E-state index contributed by atoms with van der Waals surface area (Å²) in [5.41, 5.74) is 2.11. The van der Waals surface area contributed by atoms with Gasteiger partial charge >= 0.3 is 0 Å². The molecule has 0 amide bonds. The highest BCUT2D eigenvalue weighted by molar-refractivity contribution is 7.89. The number of nitrogens with two attached hydrogens (primary N) is 1. The zero-order chi connectivity index (χ0) is 9.90. The molecule has 0 aliphatic rings. The molecule has 4 nitrogen and oxygen atoms in total. The third-order valence-corrected chi connectivity index (χ3v) is 2.45. The number of nitrogens with one attached hydrogen (secondary N) is 1. The predicted molar refractivity (Wildman–Crippen MR) is 45.8 cm³/mol. The first-order valence-electron chi connectivity index (χ1n) is 3.49. The fourth-order valence-corrected chi connectivity index (χ4v) is 1.39. The summed E-state index contributed by atoms with van der Waals surface area (Å²) in [5, 5.41) is 4.86. The molecule has 0 aromatic heterocycles. The van der Waals surface area contributed by atoms with Gasteiger partial charge in [-0.25, -0.2) is 13.6 Å². The molecule has 0 saturated carbocycles. The molecule has 0 saturated heterocycles. The topological polar surface area (TPSA) is 72.2 Å². The Kier molecular flexibility index (Phi) is 2.97. The van der Waals surface area contributed by atoms with Crippen LogP contribution in [0, 0.1) is 0 Å². The SMILES string of the molecule is NS(=O)(=O)c1ccc(CNF)cc1. The van der Waals surface area contributed by atoms with E-state index in [2.05, 4.69) is 0 Å². The van der Waals surface area contributed by atoms with Crippen LogP contribution in [0.4, 0.5) is 4.48 Å². The molecule has 0 fully saturated rings. The Hall–Kier alpha value is -0.980. The van der Waals surface area contributed by atoms with Crippen molar-refractivity contribution < 1.29 is 12.9 Å². The second kappa shape index (κ2) is 3.82. The maximum Gasteiger partial charge on any atom is 0.238 e. The van der Waals surface area contributed by atoms with Gasteiger partial charge in [-0.3, -0.25) is 0 Å². The first-order valence-corrected chi connectivity index (χ1v) is 5.04. The quantitative estimate of drug-likeness (QED) is 0.696. The first-order chi connectivity index (χ1) is 6.04. The van der Waals surface area contributed by atoms with Gasteiger partial charge in [0.05, 0.1) is 11.4 Å². The molecule has 13 heavy (non-hydrogen) atoms. The average Bonchev–Trinajstić information content (AvgIpc) is 2.04. The van der Waals surface area contributed by atoms with Gasteiger partial charge in [0.2, 0.25) is 10.0 Å². The van der Waals surface area contributed by atoms with Crippen LogP contribution < -0.4 is 10.7 Å². The number of hydrogen-bond acceptors (Lipinski definition) is 3. The van der Waals surface area contributed by atoms with Gasteiger partial charge < -0.3 is 0 Å². The van der Waals surface area contributed by atoms with Crippen LogP contribution in [0.15, 0.2) is 29.2 Å². The van der Waals surface area contributed by atoms with E-state index in [1.807, 2.05) is 0 Å². The number of primary sulfonamides is 1. The summed E-state index contributed by atoms with van der Waals surface area (Å²) in [4.78, 5) is 0.0232. The third-order valence-electron chi connectivity index (χ3n) is 1.52. The third kappa shape index (κ3) is 2.76. The minimum absolute atomic E-state index is 0.0232. The van der Waals surface area contributed by atoms with Gasteiger partial charge in [-0.1, -0.05) is 12.1 Å². The molecule has 1 rings (SSSR count). The highest BCUT2D eigenvalue weighted by atomic mass is 32.2. The van der Waals surface area contributed by atoms with Crippen LogP contribution in [0.2, 0.25) is 0 Å². The second-order valence-electron chi connectivity index (χ2n) is 2.50. The van der Waals surface area contributed by atoms with E-state index in [0.717, 1.165) is 0 Å². The molecule has 0 unspecified atom stereocenters. The predicted octanol–water partition coefficient (Wildman–Crippen LogP) is 0.308. The maximum absolute atomic E-state index is 11.6. The van der Waals surface area contributed by atoms with E-state index in [-0.39, 0.29) is 11.4 Å². The van der Waals surface area contributed by atoms with Crippen molar-refractivity contribution >= 4 is 10.0 Å². The number of benzene rings is 1. The highest BCUT2D eigenvalue weighted by Crippen LogP contribution is 2.08. The molecule has 0 spiro atoms. The van der Waals surface area contributed by atoms with Gasteiger partial charge in [0.25, 0.3) is 0 Å². The molecule has 0 aliphatic heterocycles. The number of halogens is 1. The summed E-state index contributed by atoms with van der Waals surface area (Å²) in [5.74, 6) is 0. The molecule has 0 heterocycles. The normalized spacial score (nSPS) is 11.5. The van der Waals surface area contributed by atoms with Crippen molar-refractivity contribution in [3.63, 3.8) is 0 Å². The highest BCUT2D eigenvalue weighted by Gasteiger charge is 2.05. The van der Waals surface area contributed by atoms with Crippen LogP contribution in [0.5, 0.6) is 0 Å². The zero-order valence-electron chi connectivity index (χ0n) is 6.70. The van der Waals surface area contributed by atoms with Crippen LogP contribution in [0.25, 0.3) is 0 Å². The van der Waals surface area contributed by atoms with Crippen molar-refractivity contribution in [2.75, 3.05) is 0 Å². The molecule has 0 aliphatic carbocycles. The Labute approximate surface area is 75.5 Å². The summed E-state index contributed by atoms with van der Waals surface area (Å²) < 4.78 is 33.2. The smallest absolute Gasteiger partial charge is 0.225 e. The monoisotopic (exact) mass is 204 g/mol. The van der Waals surface area contributed by atoms with Gasteiger partial charge in [-0.15, -0.1) is 4.48 Å². The fourth-order valence-electron chi connectivity index (χ4n) is 0.874. The molecule has 0 radical (unpaired) electrons. The van der Waals surface area contributed by atoms with E-state index in [0.29, 0.717) is 5.56 Å². The molecule has 72 valence electrons. The van der Waals surface area contributed by atoms with Crippen LogP contribution in [0.1, 0.15) is 5.56 Å². The number of sulfonamides is 1. The van der Waals surface area contributed by atoms with Gasteiger partial charge in [0, 0.05) is 0 Å². The Morgan fingerprint density at radius 3 is 2.23 bits per heavy atom. The molecule has 0 bridgehead atoms. The summed E-state index contributed by atoms with van der Waals surface area (Å²) in [6.45, 7) is 0.0465. The standard InChI is InChI=1S/C7H9FN2O2S/c8-10-5-6-1-3-7(4-2-6)13(9,11)12/h1-4,10H,5H2,(H2,9,11,12). The summed E-state index contributed by atoms with van der Waals surface area (Å²) in [7, 11) is -3.65. The Morgan fingerprint density at radius 1 is 1.31 bits per heavy atom. The van der Waals surface area contributed by atoms with E-state index in [9.17, 15) is 12.9 Å². The summed E-state index contributed by atoms with van der Waals surface area (Å²) in [6.07, 6.45) is 0. The van der Waals surface area contributed by atoms with E-state index in [1.54, 1.807) is 0 Å². The van der Waals surface area contributed by atoms with Crippen molar-refractivity contribution in [2.45, 2.75) is 11.4 Å². The zero-order valence-corrected chi connectivity index (χ0v) is 7.51. The molecule has 3 N–H and O–H groups in total. The fraction of sp³-hybridized carbons (Fsp3) is 0.143. The number of hydrogen-bond donors (Lipinski definition) is 2. The van der Waals surface area contributed by atoms with Crippen molar-refractivity contribution in [2.24, 2.45) is 5.14 Å². The van der Waals surface area contributed by atoms with Gasteiger partial charge in [0.1, 0.15) is 0 Å². The van der Waals surface area contributed by atoms with Crippen molar-refractivity contribution in [3.8, 4) is 0 Å². The lowest BCUT2D eigenvalue weighted by atomic mass is 10.2. The van der Waals surface area contributed by atoms with E-state index >= 15 is 0 Å². The minimum Gasteiger partial charge on any atom is -0.225 e. The average molecular weight is 204 g/mol. The molecular formula is C7H9FN2O2S. The van der Waals surface area contributed by atoms with Gasteiger partial charge in [-0.2, -0.15) is 5.54 Å². The van der Waals surface area contributed by atoms with Gasteiger partial charge in [-0.05, 0) is 17.7 Å². The Balaban J connectivity index is 2.94. The van der Waals surface area contributed by atoms with Crippen LogP contribution in [0.3, 0.4) is 0 Å². The van der Waals surface area contributed by atoms with Crippen molar-refractivity contribution in [1.29, 1.82) is 0 Å². The molecular weight excluding hydrogens is 195 g/mol. The van der Waals surface area contributed by atoms with Crippen molar-refractivity contribution in [1.82, 2.24) is 5.54 Å². The molecule has 1 aromatic carbocycles. The van der Waals surface area contributed by atoms with Crippen LogP contribution in [-0.4, -0.2) is 8.42 Å². The summed E-state index contributed by atoms with van der Waals surface area (Å²) in [6, 6.07) is 5.66. The van der Waals surface area contributed by atoms with E-state index in [4.69, 9.17) is 5.14 Å². The summed E-state index contributed by atoms with van der Waals surface area (Å²) >= 11 is 0. The lowest BCUT2D eigenvalue weighted by Gasteiger charge is -1.99. The lowest BCUT2D eigenvalue weighted by Crippen LogP contribution is -2.12.